The number of aliphatic carboxylic acids is 1. The van der Waals surface area contributed by atoms with Gasteiger partial charge in [0.2, 0.25) is 0 Å². The Morgan fingerprint density at radius 1 is 1.21 bits per heavy atom. The lowest BCUT2D eigenvalue weighted by molar-refractivity contribution is -0.136. The molecule has 0 unspecified atom stereocenters. The van der Waals surface area contributed by atoms with E-state index in [0.717, 1.165) is 11.1 Å². The Labute approximate surface area is 141 Å². The van der Waals surface area contributed by atoms with Crippen LogP contribution in [0, 0.1) is 13.8 Å². The molecule has 0 amide bonds. The summed E-state index contributed by atoms with van der Waals surface area (Å²) in [5, 5.41) is 8.89. The Bertz CT molecular complexity index is 875. The van der Waals surface area contributed by atoms with Gasteiger partial charge in [-0.15, -0.1) is 0 Å². The Hall–Kier alpha value is -2.54. The minimum Gasteiger partial charge on any atom is -0.495 e. The van der Waals surface area contributed by atoms with Crippen molar-refractivity contribution in [1.29, 1.82) is 0 Å². The van der Waals surface area contributed by atoms with Crippen LogP contribution in [-0.4, -0.2) is 26.6 Å². The summed E-state index contributed by atoms with van der Waals surface area (Å²) in [4.78, 5) is 10.8. The highest BCUT2D eigenvalue weighted by atomic mass is 32.2. The summed E-state index contributed by atoms with van der Waals surface area (Å²) in [5.74, 6) is -0.882. The van der Waals surface area contributed by atoms with Crippen molar-refractivity contribution in [3.63, 3.8) is 0 Å². The first-order valence-corrected chi connectivity index (χ1v) is 8.70. The Morgan fingerprint density at radius 2 is 1.92 bits per heavy atom. The molecule has 0 radical (unpaired) electrons. The highest BCUT2D eigenvalue weighted by molar-refractivity contribution is 7.92. The van der Waals surface area contributed by atoms with Gasteiger partial charge in [0, 0.05) is 0 Å². The molecule has 0 saturated heterocycles. The third kappa shape index (κ3) is 3.86. The zero-order valence-electron chi connectivity index (χ0n) is 13.7. The molecule has 24 heavy (non-hydrogen) atoms. The fourth-order valence-corrected chi connectivity index (χ4v) is 3.62. The van der Waals surface area contributed by atoms with E-state index in [0.29, 0.717) is 11.3 Å². The molecule has 2 rings (SSSR count). The molecule has 0 bridgehead atoms. The smallest absolute Gasteiger partial charge is 0.307 e. The molecule has 7 heteroatoms. The highest BCUT2D eigenvalue weighted by Crippen LogP contribution is 2.28. The molecular weight excluding hydrogens is 330 g/mol. The fourth-order valence-electron chi connectivity index (χ4n) is 2.28. The number of hydrogen-bond donors (Lipinski definition) is 2. The second-order valence-corrected chi connectivity index (χ2v) is 7.06. The second-order valence-electron chi connectivity index (χ2n) is 5.41. The predicted molar refractivity (Wildman–Crippen MR) is 91.1 cm³/mol. The standard InChI is InChI=1S/C17H19NO5S/c1-11-5-4-6-14(12(11)2)18-24(21,22)16-9-13(10-17(19)20)7-8-15(16)23-3/h4-9,18H,10H2,1-3H3,(H,19,20). The molecule has 0 spiro atoms. The van der Waals surface area contributed by atoms with Gasteiger partial charge in [0.15, 0.2) is 0 Å². The number of carboxylic acids is 1. The summed E-state index contributed by atoms with van der Waals surface area (Å²) in [5.41, 5.74) is 2.63. The molecule has 2 N–H and O–H groups in total. The van der Waals surface area contributed by atoms with E-state index >= 15 is 0 Å². The van der Waals surface area contributed by atoms with Gasteiger partial charge in [0.1, 0.15) is 10.6 Å². The summed E-state index contributed by atoms with van der Waals surface area (Å²) in [7, 11) is -2.56. The predicted octanol–water partition coefficient (Wildman–Crippen LogP) is 2.74. The van der Waals surface area contributed by atoms with Gasteiger partial charge in [-0.1, -0.05) is 18.2 Å². The number of carboxylic acid groups (broad SMARTS) is 1. The topological polar surface area (TPSA) is 92.7 Å². The molecule has 6 nitrogen and oxygen atoms in total. The number of anilines is 1. The molecule has 128 valence electrons. The molecule has 0 atom stereocenters. The number of rotatable bonds is 6. The van der Waals surface area contributed by atoms with E-state index in [-0.39, 0.29) is 17.1 Å². The van der Waals surface area contributed by atoms with Gasteiger partial charge >= 0.3 is 5.97 Å². The van der Waals surface area contributed by atoms with Crippen molar-refractivity contribution in [3.05, 3.63) is 53.1 Å². The zero-order chi connectivity index (χ0) is 17.9. The van der Waals surface area contributed by atoms with Crippen molar-refractivity contribution in [1.82, 2.24) is 0 Å². The number of ether oxygens (including phenoxy) is 1. The average Bonchev–Trinajstić information content (AvgIpc) is 2.51. The van der Waals surface area contributed by atoms with Gasteiger partial charge in [-0.25, -0.2) is 8.42 Å². The van der Waals surface area contributed by atoms with E-state index in [1.807, 2.05) is 19.9 Å². The van der Waals surface area contributed by atoms with Crippen LogP contribution in [0.2, 0.25) is 0 Å². The first-order valence-electron chi connectivity index (χ1n) is 7.22. The fraction of sp³-hybridized carbons (Fsp3) is 0.235. The molecule has 0 aromatic heterocycles. The lowest BCUT2D eigenvalue weighted by Crippen LogP contribution is -2.16. The maximum atomic E-state index is 12.7. The minimum atomic E-state index is -3.92. The molecule has 2 aromatic carbocycles. The van der Waals surface area contributed by atoms with Gasteiger partial charge in [-0.2, -0.15) is 0 Å². The summed E-state index contributed by atoms with van der Waals surface area (Å²) in [6.07, 6.45) is -0.268. The molecule has 0 aliphatic rings. The summed E-state index contributed by atoms with van der Waals surface area (Å²) in [6, 6.07) is 9.63. The maximum absolute atomic E-state index is 12.7. The van der Waals surface area contributed by atoms with Crippen LogP contribution in [0.3, 0.4) is 0 Å². The van der Waals surface area contributed by atoms with Gasteiger partial charge in [-0.3, -0.25) is 9.52 Å². The molecular formula is C17H19NO5S. The number of aryl methyl sites for hydroxylation is 1. The third-order valence-electron chi connectivity index (χ3n) is 3.72. The second kappa shape index (κ2) is 6.92. The van der Waals surface area contributed by atoms with Gasteiger partial charge < -0.3 is 9.84 Å². The Kier molecular flexibility index (Phi) is 5.14. The number of hydrogen-bond acceptors (Lipinski definition) is 4. The quantitative estimate of drug-likeness (QED) is 0.836. The van der Waals surface area contributed by atoms with Crippen LogP contribution in [-0.2, 0) is 21.2 Å². The SMILES string of the molecule is COc1ccc(CC(=O)O)cc1S(=O)(=O)Nc1cccc(C)c1C. The van der Waals surface area contributed by atoms with Gasteiger partial charge in [-0.05, 0) is 48.7 Å². The first kappa shape index (κ1) is 17.8. The van der Waals surface area contributed by atoms with Gasteiger partial charge in [0.05, 0.1) is 19.2 Å². The molecule has 0 fully saturated rings. The van der Waals surface area contributed by atoms with E-state index in [9.17, 15) is 13.2 Å². The van der Waals surface area contributed by atoms with E-state index < -0.39 is 16.0 Å². The van der Waals surface area contributed by atoms with Crippen LogP contribution in [0.25, 0.3) is 0 Å². The van der Waals surface area contributed by atoms with Crippen molar-refractivity contribution in [2.45, 2.75) is 25.2 Å². The highest BCUT2D eigenvalue weighted by Gasteiger charge is 2.21. The third-order valence-corrected chi connectivity index (χ3v) is 5.11. The Balaban J connectivity index is 2.47. The van der Waals surface area contributed by atoms with E-state index in [1.54, 1.807) is 12.1 Å². The van der Waals surface area contributed by atoms with E-state index in [4.69, 9.17) is 9.84 Å². The van der Waals surface area contributed by atoms with Crippen LogP contribution in [0.5, 0.6) is 5.75 Å². The van der Waals surface area contributed by atoms with E-state index in [2.05, 4.69) is 4.72 Å². The van der Waals surface area contributed by atoms with Crippen molar-refractivity contribution in [2.24, 2.45) is 0 Å². The van der Waals surface area contributed by atoms with Crippen molar-refractivity contribution in [2.75, 3.05) is 11.8 Å². The first-order chi connectivity index (χ1) is 11.2. The summed E-state index contributed by atoms with van der Waals surface area (Å²) in [6.45, 7) is 3.71. The normalized spacial score (nSPS) is 11.1. The lowest BCUT2D eigenvalue weighted by atomic mass is 10.1. The number of benzene rings is 2. The van der Waals surface area contributed by atoms with Crippen molar-refractivity contribution < 1.29 is 23.1 Å². The van der Waals surface area contributed by atoms with E-state index in [1.165, 1.54) is 25.3 Å². The lowest BCUT2D eigenvalue weighted by Gasteiger charge is -2.15. The number of methoxy groups -OCH3 is 1. The van der Waals surface area contributed by atoms with Crippen molar-refractivity contribution in [3.8, 4) is 5.75 Å². The summed E-state index contributed by atoms with van der Waals surface area (Å²) < 4.78 is 33.1. The molecule has 0 saturated carbocycles. The molecule has 0 aliphatic carbocycles. The minimum absolute atomic E-state index is 0.0929. The maximum Gasteiger partial charge on any atom is 0.307 e. The number of carbonyl (C=O) groups is 1. The van der Waals surface area contributed by atoms with Gasteiger partial charge in [0.25, 0.3) is 10.0 Å². The summed E-state index contributed by atoms with van der Waals surface area (Å²) >= 11 is 0. The van der Waals surface area contributed by atoms with Crippen LogP contribution in [0.1, 0.15) is 16.7 Å². The number of sulfonamides is 1. The van der Waals surface area contributed by atoms with Crippen LogP contribution < -0.4 is 9.46 Å². The zero-order valence-corrected chi connectivity index (χ0v) is 14.5. The van der Waals surface area contributed by atoms with Crippen LogP contribution in [0.15, 0.2) is 41.3 Å². The largest absolute Gasteiger partial charge is 0.495 e. The monoisotopic (exact) mass is 349 g/mol. The molecule has 0 heterocycles. The number of nitrogens with one attached hydrogen (secondary N) is 1. The molecule has 0 aliphatic heterocycles. The van der Waals surface area contributed by atoms with Crippen LogP contribution in [0.4, 0.5) is 5.69 Å². The van der Waals surface area contributed by atoms with Crippen molar-refractivity contribution >= 4 is 21.7 Å². The average molecular weight is 349 g/mol. The Morgan fingerprint density at radius 3 is 2.54 bits per heavy atom. The molecule has 2 aromatic rings. The van der Waals surface area contributed by atoms with Crippen LogP contribution >= 0.6 is 0 Å².